The molecule has 0 fully saturated rings. The van der Waals surface area contributed by atoms with E-state index >= 15 is 0 Å². The highest BCUT2D eigenvalue weighted by atomic mass is 32.2. The van der Waals surface area contributed by atoms with Crippen molar-refractivity contribution in [2.75, 3.05) is 18.1 Å². The van der Waals surface area contributed by atoms with Crippen molar-refractivity contribution in [3.8, 4) is 6.07 Å². The molecule has 0 aliphatic heterocycles. The van der Waals surface area contributed by atoms with Crippen LogP contribution in [0, 0.1) is 11.3 Å². The van der Waals surface area contributed by atoms with Crippen LogP contribution in [0.1, 0.15) is 44.5 Å². The molecule has 0 bridgehead atoms. The number of hydrogen-bond donors (Lipinski definition) is 1. The third kappa shape index (κ3) is 3.70. The number of nitriles is 1. The topological polar surface area (TPSA) is 95.7 Å². The highest BCUT2D eigenvalue weighted by molar-refractivity contribution is 7.92. The van der Waals surface area contributed by atoms with E-state index in [9.17, 15) is 13.7 Å². The fourth-order valence-corrected chi connectivity index (χ4v) is 2.18. The van der Waals surface area contributed by atoms with Gasteiger partial charge in [0.25, 0.3) is 0 Å². The molecule has 1 N–H and O–H groups in total. The Bertz CT molecular complexity index is 660. The van der Waals surface area contributed by atoms with E-state index in [2.05, 4.69) is 21.6 Å². The number of nitrogens with one attached hydrogen (secondary N) is 1. The molecule has 21 heavy (non-hydrogen) atoms. The Morgan fingerprint density at radius 2 is 1.86 bits per heavy atom. The van der Waals surface area contributed by atoms with Gasteiger partial charge in [-0.3, -0.25) is 0 Å². The first-order chi connectivity index (χ1) is 9.67. The van der Waals surface area contributed by atoms with Gasteiger partial charge in [0, 0.05) is 12.8 Å². The van der Waals surface area contributed by atoms with Crippen molar-refractivity contribution < 1.29 is 8.42 Å². The molecule has 0 unspecified atom stereocenters. The van der Waals surface area contributed by atoms with Gasteiger partial charge in [0.15, 0.2) is 15.7 Å². The molecule has 1 aromatic heterocycles. The maximum Gasteiger partial charge on any atom is 0.166 e. The first kappa shape index (κ1) is 17.4. The first-order valence-corrected chi connectivity index (χ1v) is 8.79. The Morgan fingerprint density at radius 1 is 1.24 bits per heavy atom. The fourth-order valence-electron chi connectivity index (χ4n) is 1.84. The smallest absolute Gasteiger partial charge is 0.166 e. The summed E-state index contributed by atoms with van der Waals surface area (Å²) in [6.45, 7) is 7.36. The summed E-state index contributed by atoms with van der Waals surface area (Å²) in [4.78, 5) is 0. The molecule has 0 saturated heterocycles. The number of hydrogen-bond acceptors (Lipinski definition) is 6. The largest absolute Gasteiger partial charge is 0.366 e. The van der Waals surface area contributed by atoms with Crippen molar-refractivity contribution in [1.82, 2.24) is 10.2 Å². The Morgan fingerprint density at radius 3 is 2.29 bits per heavy atom. The summed E-state index contributed by atoms with van der Waals surface area (Å²) in [6.07, 6.45) is 2.59. The van der Waals surface area contributed by atoms with E-state index < -0.39 is 14.6 Å². The Hall–Kier alpha value is -1.68. The molecule has 0 radical (unpaired) electrons. The van der Waals surface area contributed by atoms with Crippen LogP contribution in [0.15, 0.2) is 0 Å². The van der Waals surface area contributed by atoms with Crippen molar-refractivity contribution >= 4 is 15.7 Å². The SMILES string of the molecule is CCc1nnc(NCC(C)(C)S(C)(=O)=O)c(C#N)c1CC. The molecule has 0 saturated carbocycles. The Labute approximate surface area is 126 Å². The summed E-state index contributed by atoms with van der Waals surface area (Å²) in [5.41, 5.74) is 2.13. The van der Waals surface area contributed by atoms with E-state index in [1.54, 1.807) is 13.8 Å². The molecule has 0 amide bonds. The Balaban J connectivity index is 3.14. The van der Waals surface area contributed by atoms with Crippen LogP contribution in [0.4, 0.5) is 5.82 Å². The maximum atomic E-state index is 11.7. The summed E-state index contributed by atoms with van der Waals surface area (Å²) in [5.74, 6) is 0.350. The number of rotatable bonds is 6. The van der Waals surface area contributed by atoms with Crippen LogP contribution in [-0.2, 0) is 22.7 Å². The van der Waals surface area contributed by atoms with Crippen LogP contribution in [0.5, 0.6) is 0 Å². The standard InChI is InChI=1S/C14H22N4O2S/c1-6-10-11(8-15)13(18-17-12(10)7-2)16-9-14(3,4)21(5,19)20/h6-7,9H2,1-5H3,(H,16,18). The van der Waals surface area contributed by atoms with Crippen LogP contribution >= 0.6 is 0 Å². The summed E-state index contributed by atoms with van der Waals surface area (Å²) >= 11 is 0. The number of aryl methyl sites for hydroxylation is 1. The molecule has 0 spiro atoms. The highest BCUT2D eigenvalue weighted by Gasteiger charge is 2.30. The number of sulfone groups is 1. The van der Waals surface area contributed by atoms with Crippen molar-refractivity contribution in [2.24, 2.45) is 0 Å². The molecule has 6 nitrogen and oxygen atoms in total. The lowest BCUT2D eigenvalue weighted by Crippen LogP contribution is -2.38. The molecule has 0 aromatic carbocycles. The van der Waals surface area contributed by atoms with Crippen LogP contribution in [-0.4, -0.2) is 36.2 Å². The number of anilines is 1. The van der Waals surface area contributed by atoms with Crippen molar-refractivity contribution in [3.63, 3.8) is 0 Å². The van der Waals surface area contributed by atoms with Crippen molar-refractivity contribution in [2.45, 2.75) is 45.3 Å². The zero-order valence-electron chi connectivity index (χ0n) is 13.2. The summed E-state index contributed by atoms with van der Waals surface area (Å²) in [5, 5.41) is 20.5. The minimum Gasteiger partial charge on any atom is -0.366 e. The van der Waals surface area contributed by atoms with E-state index in [4.69, 9.17) is 0 Å². The molecule has 1 heterocycles. The van der Waals surface area contributed by atoms with Crippen LogP contribution < -0.4 is 5.32 Å². The third-order valence-electron chi connectivity index (χ3n) is 3.64. The highest BCUT2D eigenvalue weighted by Crippen LogP contribution is 2.22. The third-order valence-corrected chi connectivity index (χ3v) is 5.80. The fraction of sp³-hybridized carbons (Fsp3) is 0.643. The second kappa shape index (κ2) is 6.39. The van der Waals surface area contributed by atoms with Gasteiger partial charge in [0.05, 0.1) is 10.4 Å². The summed E-state index contributed by atoms with van der Waals surface area (Å²) in [6, 6.07) is 2.15. The molecule has 0 aliphatic rings. The number of nitrogens with zero attached hydrogens (tertiary/aromatic N) is 3. The summed E-state index contributed by atoms with van der Waals surface area (Å²) < 4.78 is 22.5. The monoisotopic (exact) mass is 310 g/mol. The quantitative estimate of drug-likeness (QED) is 0.859. The lowest BCUT2D eigenvalue weighted by molar-refractivity contribution is 0.559. The van der Waals surface area contributed by atoms with Gasteiger partial charge in [0.2, 0.25) is 0 Å². The average molecular weight is 310 g/mol. The van der Waals surface area contributed by atoms with E-state index in [1.807, 2.05) is 13.8 Å². The van der Waals surface area contributed by atoms with Gasteiger partial charge < -0.3 is 5.32 Å². The minimum absolute atomic E-state index is 0.170. The van der Waals surface area contributed by atoms with Gasteiger partial charge in [0.1, 0.15) is 11.6 Å². The van der Waals surface area contributed by atoms with Gasteiger partial charge in [-0.15, -0.1) is 5.10 Å². The average Bonchev–Trinajstić information content (AvgIpc) is 2.42. The minimum atomic E-state index is -3.21. The lowest BCUT2D eigenvalue weighted by atomic mass is 10.0. The molecule has 1 aromatic rings. The van der Waals surface area contributed by atoms with Gasteiger partial charge in [-0.25, -0.2) is 8.42 Å². The molecule has 7 heteroatoms. The molecular weight excluding hydrogens is 288 g/mol. The molecule has 0 atom stereocenters. The molecule has 116 valence electrons. The molecular formula is C14H22N4O2S. The van der Waals surface area contributed by atoms with Gasteiger partial charge >= 0.3 is 0 Å². The normalized spacial score (nSPS) is 12.0. The second-order valence-corrected chi connectivity index (χ2v) is 8.20. The Kier molecular flexibility index (Phi) is 5.29. The zero-order chi connectivity index (χ0) is 16.3. The molecule has 0 aliphatic carbocycles. The lowest BCUT2D eigenvalue weighted by Gasteiger charge is -2.23. The van der Waals surface area contributed by atoms with E-state index in [0.29, 0.717) is 24.2 Å². The van der Waals surface area contributed by atoms with E-state index in [-0.39, 0.29) is 6.54 Å². The van der Waals surface area contributed by atoms with E-state index in [1.165, 1.54) is 6.26 Å². The van der Waals surface area contributed by atoms with Gasteiger partial charge in [-0.1, -0.05) is 13.8 Å². The predicted molar refractivity (Wildman–Crippen MR) is 82.9 cm³/mol. The van der Waals surface area contributed by atoms with Gasteiger partial charge in [-0.05, 0) is 32.3 Å². The van der Waals surface area contributed by atoms with Crippen LogP contribution in [0.2, 0.25) is 0 Å². The first-order valence-electron chi connectivity index (χ1n) is 6.89. The van der Waals surface area contributed by atoms with Crippen molar-refractivity contribution in [3.05, 3.63) is 16.8 Å². The molecule has 1 rings (SSSR count). The second-order valence-electron chi connectivity index (χ2n) is 5.55. The van der Waals surface area contributed by atoms with Crippen LogP contribution in [0.3, 0.4) is 0 Å². The predicted octanol–water partition coefficient (Wildman–Crippen LogP) is 1.71. The van der Waals surface area contributed by atoms with E-state index in [0.717, 1.165) is 11.3 Å². The van der Waals surface area contributed by atoms with Crippen LogP contribution in [0.25, 0.3) is 0 Å². The van der Waals surface area contributed by atoms with Crippen molar-refractivity contribution in [1.29, 1.82) is 5.26 Å². The maximum absolute atomic E-state index is 11.7. The number of aromatic nitrogens is 2. The zero-order valence-corrected chi connectivity index (χ0v) is 14.0. The van der Waals surface area contributed by atoms with Gasteiger partial charge in [-0.2, -0.15) is 10.4 Å². The summed E-state index contributed by atoms with van der Waals surface area (Å²) in [7, 11) is -3.21.